The summed E-state index contributed by atoms with van der Waals surface area (Å²) in [6, 6.07) is 15.4. The SMILES string of the molecule is Oc1cccc(C2(CNc3ccc(-c4ccc5[nH]ncc5c4)nn3)CCC2)n1. The molecule has 0 atom stereocenters. The molecule has 28 heavy (non-hydrogen) atoms. The van der Waals surface area contributed by atoms with Crippen LogP contribution in [0.3, 0.4) is 0 Å². The summed E-state index contributed by atoms with van der Waals surface area (Å²) < 4.78 is 0. The Labute approximate surface area is 161 Å². The predicted molar refractivity (Wildman–Crippen MR) is 107 cm³/mol. The van der Waals surface area contributed by atoms with E-state index in [0.29, 0.717) is 0 Å². The molecule has 4 aromatic rings. The molecule has 1 aliphatic carbocycles. The molecule has 7 heteroatoms. The summed E-state index contributed by atoms with van der Waals surface area (Å²) in [5.74, 6) is 0.807. The van der Waals surface area contributed by atoms with Gasteiger partial charge in [0.25, 0.3) is 0 Å². The van der Waals surface area contributed by atoms with Crippen molar-refractivity contribution < 1.29 is 5.11 Å². The Morgan fingerprint density at radius 1 is 1.07 bits per heavy atom. The molecule has 0 unspecified atom stereocenters. The lowest BCUT2D eigenvalue weighted by Gasteiger charge is -2.41. The van der Waals surface area contributed by atoms with E-state index in [1.54, 1.807) is 12.3 Å². The minimum absolute atomic E-state index is 0.0502. The van der Waals surface area contributed by atoms with Crippen LogP contribution >= 0.6 is 0 Å². The number of H-pyrrole nitrogens is 1. The molecular weight excluding hydrogens is 352 g/mol. The fraction of sp³-hybridized carbons (Fsp3) is 0.238. The van der Waals surface area contributed by atoms with Crippen molar-refractivity contribution >= 4 is 16.7 Å². The molecule has 1 aliphatic rings. The fourth-order valence-electron chi connectivity index (χ4n) is 3.79. The van der Waals surface area contributed by atoms with E-state index in [1.807, 2.05) is 42.5 Å². The number of aromatic nitrogens is 5. The number of aromatic hydroxyl groups is 1. The first-order valence-corrected chi connectivity index (χ1v) is 9.40. The number of pyridine rings is 1. The molecule has 3 aromatic heterocycles. The molecule has 1 fully saturated rings. The quantitative estimate of drug-likeness (QED) is 0.494. The zero-order valence-corrected chi connectivity index (χ0v) is 15.3. The van der Waals surface area contributed by atoms with E-state index in [1.165, 1.54) is 6.42 Å². The molecule has 3 heterocycles. The maximum atomic E-state index is 9.71. The van der Waals surface area contributed by atoms with Crippen LogP contribution in [0.2, 0.25) is 0 Å². The third kappa shape index (κ3) is 2.94. The Kier molecular flexibility index (Phi) is 3.93. The van der Waals surface area contributed by atoms with Gasteiger partial charge in [0.1, 0.15) is 5.82 Å². The van der Waals surface area contributed by atoms with E-state index in [-0.39, 0.29) is 11.3 Å². The predicted octanol–water partition coefficient (Wildman–Crippen LogP) is 3.65. The van der Waals surface area contributed by atoms with Gasteiger partial charge in [-0.05, 0) is 43.2 Å². The van der Waals surface area contributed by atoms with Gasteiger partial charge in [-0.2, -0.15) is 5.10 Å². The summed E-state index contributed by atoms with van der Waals surface area (Å²) in [4.78, 5) is 4.33. The third-order valence-electron chi connectivity index (χ3n) is 5.60. The average Bonchev–Trinajstić information content (AvgIpc) is 3.15. The van der Waals surface area contributed by atoms with Crippen LogP contribution in [0, 0.1) is 0 Å². The van der Waals surface area contributed by atoms with E-state index >= 15 is 0 Å². The number of anilines is 1. The van der Waals surface area contributed by atoms with Crippen LogP contribution in [-0.4, -0.2) is 37.0 Å². The number of fused-ring (bicyclic) bond motifs is 1. The van der Waals surface area contributed by atoms with Crippen LogP contribution in [0.15, 0.2) is 54.7 Å². The van der Waals surface area contributed by atoms with Gasteiger partial charge in [0.15, 0.2) is 0 Å². The molecule has 7 nitrogen and oxygen atoms in total. The van der Waals surface area contributed by atoms with Crippen molar-refractivity contribution in [1.29, 1.82) is 0 Å². The summed E-state index contributed by atoms with van der Waals surface area (Å²) in [6.07, 6.45) is 5.06. The fourth-order valence-corrected chi connectivity index (χ4v) is 3.79. The lowest BCUT2D eigenvalue weighted by molar-refractivity contribution is 0.250. The van der Waals surface area contributed by atoms with Crippen LogP contribution in [0.25, 0.3) is 22.2 Å². The summed E-state index contributed by atoms with van der Waals surface area (Å²) in [5.41, 5.74) is 3.71. The van der Waals surface area contributed by atoms with Crippen molar-refractivity contribution in [1.82, 2.24) is 25.4 Å². The maximum absolute atomic E-state index is 9.71. The van der Waals surface area contributed by atoms with Gasteiger partial charge in [0.2, 0.25) is 5.88 Å². The van der Waals surface area contributed by atoms with E-state index in [9.17, 15) is 5.11 Å². The molecule has 0 radical (unpaired) electrons. The Hall–Kier alpha value is -3.48. The Morgan fingerprint density at radius 3 is 2.75 bits per heavy atom. The normalized spacial score (nSPS) is 15.3. The van der Waals surface area contributed by atoms with Crippen molar-refractivity contribution in [2.24, 2.45) is 0 Å². The summed E-state index contributed by atoms with van der Waals surface area (Å²) >= 11 is 0. The van der Waals surface area contributed by atoms with Gasteiger partial charge in [0, 0.05) is 29.0 Å². The van der Waals surface area contributed by atoms with Gasteiger partial charge in [-0.1, -0.05) is 18.6 Å². The van der Waals surface area contributed by atoms with Gasteiger partial charge in [0.05, 0.1) is 23.1 Å². The van der Waals surface area contributed by atoms with Gasteiger partial charge in [-0.15, -0.1) is 10.2 Å². The monoisotopic (exact) mass is 372 g/mol. The zero-order chi connectivity index (χ0) is 19.0. The highest BCUT2D eigenvalue weighted by Crippen LogP contribution is 2.43. The Balaban J connectivity index is 1.32. The number of hydrogen-bond donors (Lipinski definition) is 3. The Morgan fingerprint density at radius 2 is 2.00 bits per heavy atom. The standard InChI is InChI=1S/C21H20N6O/c28-20-4-1-3-18(24-20)21(9-2-10-21)13-22-19-8-7-16(26-27-19)14-5-6-17-15(11-14)12-23-25-17/h1,3-8,11-12H,2,9-10,13H2,(H,22,27)(H,23,25)(H,24,28). The van der Waals surface area contributed by atoms with E-state index in [2.05, 4.69) is 30.7 Å². The van der Waals surface area contributed by atoms with E-state index in [4.69, 9.17) is 0 Å². The molecule has 1 saturated carbocycles. The lowest BCUT2D eigenvalue weighted by atomic mass is 9.66. The van der Waals surface area contributed by atoms with Crippen molar-refractivity contribution in [3.63, 3.8) is 0 Å². The third-order valence-corrected chi connectivity index (χ3v) is 5.60. The van der Waals surface area contributed by atoms with Gasteiger partial charge in [-0.3, -0.25) is 5.10 Å². The largest absolute Gasteiger partial charge is 0.493 e. The summed E-state index contributed by atoms with van der Waals surface area (Å²) in [7, 11) is 0. The molecule has 5 rings (SSSR count). The van der Waals surface area contributed by atoms with Crippen molar-refractivity contribution in [3.8, 4) is 17.1 Å². The van der Waals surface area contributed by atoms with Crippen LogP contribution in [0.4, 0.5) is 5.82 Å². The highest BCUT2D eigenvalue weighted by molar-refractivity contribution is 5.83. The number of nitrogens with zero attached hydrogens (tertiary/aromatic N) is 4. The first kappa shape index (κ1) is 16.7. The van der Waals surface area contributed by atoms with E-state index < -0.39 is 0 Å². The first-order valence-electron chi connectivity index (χ1n) is 9.40. The van der Waals surface area contributed by atoms with Crippen molar-refractivity contribution in [3.05, 3.63) is 60.4 Å². The smallest absolute Gasteiger partial charge is 0.210 e. The summed E-state index contributed by atoms with van der Waals surface area (Å²) in [5, 5.41) is 29.9. The summed E-state index contributed by atoms with van der Waals surface area (Å²) in [6.45, 7) is 0.721. The Bertz CT molecular complexity index is 1120. The second-order valence-corrected chi connectivity index (χ2v) is 7.34. The maximum Gasteiger partial charge on any atom is 0.210 e. The molecule has 0 saturated heterocycles. The number of nitrogens with one attached hydrogen (secondary N) is 2. The molecule has 0 amide bonds. The average molecular weight is 372 g/mol. The van der Waals surface area contributed by atoms with Crippen molar-refractivity contribution in [2.45, 2.75) is 24.7 Å². The number of aromatic amines is 1. The zero-order valence-electron chi connectivity index (χ0n) is 15.3. The second kappa shape index (κ2) is 6.60. The van der Waals surface area contributed by atoms with Crippen LogP contribution in [-0.2, 0) is 5.41 Å². The van der Waals surface area contributed by atoms with Crippen molar-refractivity contribution in [2.75, 3.05) is 11.9 Å². The molecular formula is C21H20N6O. The van der Waals surface area contributed by atoms with Gasteiger partial charge >= 0.3 is 0 Å². The van der Waals surface area contributed by atoms with Crippen LogP contribution < -0.4 is 5.32 Å². The lowest BCUT2D eigenvalue weighted by Crippen LogP contribution is -2.41. The molecule has 0 spiro atoms. The minimum Gasteiger partial charge on any atom is -0.493 e. The first-order chi connectivity index (χ1) is 13.7. The number of rotatable bonds is 5. The molecule has 0 bridgehead atoms. The number of benzene rings is 1. The molecule has 140 valence electrons. The highest BCUT2D eigenvalue weighted by atomic mass is 16.3. The van der Waals surface area contributed by atoms with Gasteiger partial charge < -0.3 is 10.4 Å². The second-order valence-electron chi connectivity index (χ2n) is 7.34. The van der Waals surface area contributed by atoms with Crippen LogP contribution in [0.5, 0.6) is 5.88 Å². The number of hydrogen-bond acceptors (Lipinski definition) is 6. The topological polar surface area (TPSA) is 99.6 Å². The molecule has 1 aromatic carbocycles. The molecule has 0 aliphatic heterocycles. The van der Waals surface area contributed by atoms with Gasteiger partial charge in [-0.25, -0.2) is 4.98 Å². The molecule has 3 N–H and O–H groups in total. The highest BCUT2D eigenvalue weighted by Gasteiger charge is 2.40. The van der Waals surface area contributed by atoms with Crippen LogP contribution in [0.1, 0.15) is 25.0 Å². The van der Waals surface area contributed by atoms with E-state index in [0.717, 1.165) is 53.1 Å². The minimum atomic E-state index is -0.0502.